The highest BCUT2D eigenvalue weighted by molar-refractivity contribution is 5.78. The van der Waals surface area contributed by atoms with Gasteiger partial charge in [0.1, 0.15) is 0 Å². The molecule has 0 saturated heterocycles. The third-order valence-electron chi connectivity index (χ3n) is 2.58. The summed E-state index contributed by atoms with van der Waals surface area (Å²) in [5.74, 6) is 0.463. The zero-order valence-electron chi connectivity index (χ0n) is 9.73. The van der Waals surface area contributed by atoms with Gasteiger partial charge in [0.05, 0.1) is 11.7 Å². The first-order valence-corrected chi connectivity index (χ1v) is 5.42. The van der Waals surface area contributed by atoms with Crippen LogP contribution in [0.5, 0.6) is 0 Å². The molecule has 0 radical (unpaired) electrons. The molecule has 0 aliphatic carbocycles. The fourth-order valence-electron chi connectivity index (χ4n) is 1.68. The number of hydrogen-bond donors (Lipinski definition) is 0. The van der Waals surface area contributed by atoms with Crippen LogP contribution in [0.2, 0.25) is 0 Å². The number of aromatic nitrogens is 3. The van der Waals surface area contributed by atoms with Gasteiger partial charge in [0.2, 0.25) is 0 Å². The Labute approximate surface area is 90.1 Å². The summed E-state index contributed by atoms with van der Waals surface area (Å²) in [5, 5.41) is 5.49. The highest BCUT2D eigenvalue weighted by Gasteiger charge is 2.08. The van der Waals surface area contributed by atoms with Crippen LogP contribution in [0.15, 0.2) is 18.5 Å². The van der Waals surface area contributed by atoms with Gasteiger partial charge in [0, 0.05) is 23.3 Å². The molecule has 0 aliphatic heterocycles. The van der Waals surface area contributed by atoms with Crippen LogP contribution in [0, 0.1) is 0 Å². The fourth-order valence-corrected chi connectivity index (χ4v) is 1.68. The Morgan fingerprint density at radius 3 is 2.47 bits per heavy atom. The Balaban J connectivity index is 2.61. The largest absolute Gasteiger partial charge is 0.262 e. The molecule has 80 valence electrons. The average molecular weight is 203 g/mol. The van der Waals surface area contributed by atoms with Gasteiger partial charge in [-0.1, -0.05) is 13.8 Å². The van der Waals surface area contributed by atoms with Crippen molar-refractivity contribution in [1.82, 2.24) is 14.8 Å². The zero-order valence-corrected chi connectivity index (χ0v) is 9.73. The molecular weight excluding hydrogens is 186 g/mol. The lowest BCUT2D eigenvalue weighted by Crippen LogP contribution is -2.02. The van der Waals surface area contributed by atoms with Crippen LogP contribution < -0.4 is 0 Å². The van der Waals surface area contributed by atoms with Gasteiger partial charge in [-0.3, -0.25) is 9.67 Å². The van der Waals surface area contributed by atoms with E-state index in [-0.39, 0.29) is 0 Å². The summed E-state index contributed by atoms with van der Waals surface area (Å²) >= 11 is 0. The third kappa shape index (κ3) is 1.74. The van der Waals surface area contributed by atoms with Crippen LogP contribution in [0.3, 0.4) is 0 Å². The van der Waals surface area contributed by atoms with E-state index in [0.29, 0.717) is 12.0 Å². The van der Waals surface area contributed by atoms with Gasteiger partial charge in [0.15, 0.2) is 0 Å². The van der Waals surface area contributed by atoms with Gasteiger partial charge < -0.3 is 0 Å². The van der Waals surface area contributed by atoms with Crippen molar-refractivity contribution in [1.29, 1.82) is 0 Å². The minimum Gasteiger partial charge on any atom is -0.262 e. The lowest BCUT2D eigenvalue weighted by molar-refractivity contribution is 0.550. The molecule has 0 fully saturated rings. The Morgan fingerprint density at radius 2 is 1.87 bits per heavy atom. The number of hydrogen-bond acceptors (Lipinski definition) is 2. The van der Waals surface area contributed by atoms with Gasteiger partial charge in [-0.15, -0.1) is 0 Å². The second kappa shape index (κ2) is 3.65. The normalized spacial score (nSPS) is 11.9. The maximum absolute atomic E-state index is 4.43. The van der Waals surface area contributed by atoms with E-state index in [1.807, 2.05) is 17.1 Å². The van der Waals surface area contributed by atoms with Crippen molar-refractivity contribution in [3.63, 3.8) is 0 Å². The van der Waals surface area contributed by atoms with E-state index in [1.165, 1.54) is 5.52 Å². The summed E-state index contributed by atoms with van der Waals surface area (Å²) in [5.41, 5.74) is 2.31. The summed E-state index contributed by atoms with van der Waals surface area (Å²) in [6.07, 6.45) is 3.79. The van der Waals surface area contributed by atoms with E-state index >= 15 is 0 Å². The van der Waals surface area contributed by atoms with Crippen molar-refractivity contribution in [3.8, 4) is 0 Å². The van der Waals surface area contributed by atoms with Gasteiger partial charge in [-0.2, -0.15) is 5.10 Å². The molecule has 15 heavy (non-hydrogen) atoms. The predicted molar refractivity (Wildman–Crippen MR) is 62.0 cm³/mol. The van der Waals surface area contributed by atoms with Crippen LogP contribution in [-0.2, 0) is 0 Å². The molecule has 0 N–H and O–H groups in total. The standard InChI is InChI=1S/C12H17N3/c1-8(2)11-5-12-10(6-13-11)7-14-15(12)9(3)4/h5-9H,1-4H3. The summed E-state index contributed by atoms with van der Waals surface area (Å²) in [4.78, 5) is 4.43. The first-order chi connectivity index (χ1) is 7.09. The molecule has 2 aromatic rings. The van der Waals surface area contributed by atoms with Crippen LogP contribution in [0.1, 0.15) is 45.3 Å². The van der Waals surface area contributed by atoms with Crippen molar-refractivity contribution in [2.45, 2.75) is 39.7 Å². The minimum atomic E-state index is 0.393. The molecule has 3 nitrogen and oxygen atoms in total. The van der Waals surface area contributed by atoms with Crippen molar-refractivity contribution < 1.29 is 0 Å². The van der Waals surface area contributed by atoms with Crippen LogP contribution in [-0.4, -0.2) is 14.8 Å². The monoisotopic (exact) mass is 203 g/mol. The number of rotatable bonds is 2. The fraction of sp³-hybridized carbons (Fsp3) is 0.500. The maximum atomic E-state index is 4.43. The van der Waals surface area contributed by atoms with Crippen LogP contribution in [0.4, 0.5) is 0 Å². The number of pyridine rings is 1. The van der Waals surface area contributed by atoms with Crippen molar-refractivity contribution >= 4 is 10.9 Å². The molecule has 0 unspecified atom stereocenters. The topological polar surface area (TPSA) is 30.7 Å². The molecule has 0 atom stereocenters. The molecule has 0 saturated carbocycles. The van der Waals surface area contributed by atoms with Crippen molar-refractivity contribution in [2.24, 2.45) is 0 Å². The summed E-state index contributed by atoms with van der Waals surface area (Å²) in [7, 11) is 0. The summed E-state index contributed by atoms with van der Waals surface area (Å²) < 4.78 is 2.04. The molecule has 0 spiro atoms. The molecule has 2 aromatic heterocycles. The second-order valence-electron chi connectivity index (χ2n) is 4.51. The maximum Gasteiger partial charge on any atom is 0.0719 e. The summed E-state index contributed by atoms with van der Waals surface area (Å²) in [6, 6.07) is 2.54. The van der Waals surface area contributed by atoms with Gasteiger partial charge in [-0.25, -0.2) is 0 Å². The average Bonchev–Trinajstić information content (AvgIpc) is 2.59. The number of fused-ring (bicyclic) bond motifs is 1. The van der Waals surface area contributed by atoms with E-state index in [4.69, 9.17) is 0 Å². The predicted octanol–water partition coefficient (Wildman–Crippen LogP) is 3.14. The van der Waals surface area contributed by atoms with Crippen LogP contribution in [0.25, 0.3) is 10.9 Å². The molecule has 0 bridgehead atoms. The SMILES string of the molecule is CC(C)c1cc2c(cn1)cnn2C(C)C. The van der Waals surface area contributed by atoms with E-state index in [2.05, 4.69) is 43.8 Å². The Morgan fingerprint density at radius 1 is 1.13 bits per heavy atom. The molecule has 3 heteroatoms. The molecular formula is C12H17N3. The smallest absolute Gasteiger partial charge is 0.0719 e. The van der Waals surface area contributed by atoms with Gasteiger partial charge in [0.25, 0.3) is 0 Å². The van der Waals surface area contributed by atoms with E-state index in [9.17, 15) is 0 Å². The summed E-state index contributed by atoms with van der Waals surface area (Å²) in [6.45, 7) is 8.60. The molecule has 0 amide bonds. The molecule has 2 rings (SSSR count). The highest BCUT2D eigenvalue weighted by Crippen LogP contribution is 2.20. The van der Waals surface area contributed by atoms with Gasteiger partial charge >= 0.3 is 0 Å². The Hall–Kier alpha value is -1.38. The first kappa shape index (κ1) is 10.1. The number of nitrogens with zero attached hydrogens (tertiary/aromatic N) is 3. The van der Waals surface area contributed by atoms with E-state index in [1.54, 1.807) is 0 Å². The molecule has 2 heterocycles. The van der Waals surface area contributed by atoms with Crippen molar-refractivity contribution in [3.05, 3.63) is 24.2 Å². The quantitative estimate of drug-likeness (QED) is 0.750. The van der Waals surface area contributed by atoms with Gasteiger partial charge in [-0.05, 0) is 25.8 Å². The molecule has 0 aromatic carbocycles. The van der Waals surface area contributed by atoms with E-state index in [0.717, 1.165) is 11.1 Å². The Kier molecular flexibility index (Phi) is 2.47. The minimum absolute atomic E-state index is 0.393. The zero-order chi connectivity index (χ0) is 11.0. The van der Waals surface area contributed by atoms with Crippen molar-refractivity contribution in [2.75, 3.05) is 0 Å². The molecule has 0 aliphatic rings. The lowest BCUT2D eigenvalue weighted by atomic mass is 10.1. The lowest BCUT2D eigenvalue weighted by Gasteiger charge is -2.09. The second-order valence-corrected chi connectivity index (χ2v) is 4.51. The highest BCUT2D eigenvalue weighted by atomic mass is 15.3. The third-order valence-corrected chi connectivity index (χ3v) is 2.58. The first-order valence-electron chi connectivity index (χ1n) is 5.42. The van der Waals surface area contributed by atoms with Crippen LogP contribution >= 0.6 is 0 Å². The Bertz CT molecular complexity index is 469. The van der Waals surface area contributed by atoms with E-state index < -0.39 is 0 Å².